The summed E-state index contributed by atoms with van der Waals surface area (Å²) in [5.74, 6) is 1.02. The lowest BCUT2D eigenvalue weighted by molar-refractivity contribution is -0.129. The topological polar surface area (TPSA) is 46.3 Å². The van der Waals surface area contributed by atoms with Gasteiger partial charge in [0.1, 0.15) is 5.82 Å². The molecule has 0 fully saturated rings. The molecule has 0 aliphatic heterocycles. The van der Waals surface area contributed by atoms with E-state index < -0.39 is 0 Å². The number of halogens is 1. The number of amides is 1. The normalized spacial score (nSPS) is 12.5. The van der Waals surface area contributed by atoms with Crippen molar-refractivity contribution in [2.24, 2.45) is 11.7 Å². The van der Waals surface area contributed by atoms with Crippen LogP contribution in [0.25, 0.3) is 0 Å². The number of carbonyl (C=O) groups is 1. The van der Waals surface area contributed by atoms with E-state index >= 15 is 0 Å². The van der Waals surface area contributed by atoms with Crippen molar-refractivity contribution in [1.29, 1.82) is 0 Å². The molecule has 118 valence electrons. The van der Waals surface area contributed by atoms with Crippen LogP contribution in [-0.2, 0) is 4.79 Å². The fourth-order valence-electron chi connectivity index (χ4n) is 1.78. The Hall–Kier alpha value is -1.07. The van der Waals surface area contributed by atoms with Gasteiger partial charge in [-0.25, -0.2) is 4.39 Å². The Labute approximate surface area is 131 Å². The average Bonchev–Trinajstić information content (AvgIpc) is 2.46. The van der Waals surface area contributed by atoms with Crippen LogP contribution in [0.1, 0.15) is 26.7 Å². The van der Waals surface area contributed by atoms with E-state index in [0.717, 1.165) is 11.3 Å². The van der Waals surface area contributed by atoms with Gasteiger partial charge < -0.3 is 10.6 Å². The standard InChI is InChI=1S/C16H25FN2OS/c1-12(2)15(18)8-10-19(3)16(20)9-11-21-14-6-4-13(17)5-7-14/h4-7,12,15H,8-11,18H2,1-3H3. The number of nitrogens with zero attached hydrogens (tertiary/aromatic N) is 1. The summed E-state index contributed by atoms with van der Waals surface area (Å²) in [5.41, 5.74) is 5.98. The van der Waals surface area contributed by atoms with Crippen LogP contribution in [0.2, 0.25) is 0 Å². The van der Waals surface area contributed by atoms with Crippen molar-refractivity contribution in [3.8, 4) is 0 Å². The molecule has 1 rings (SSSR count). The first-order chi connectivity index (χ1) is 9.90. The third-order valence-corrected chi connectivity index (χ3v) is 4.49. The molecule has 0 heterocycles. The highest BCUT2D eigenvalue weighted by atomic mass is 32.2. The predicted molar refractivity (Wildman–Crippen MR) is 86.8 cm³/mol. The summed E-state index contributed by atoms with van der Waals surface area (Å²) in [5, 5.41) is 0. The number of thioether (sulfide) groups is 1. The Morgan fingerprint density at radius 2 is 1.95 bits per heavy atom. The fourth-order valence-corrected chi connectivity index (χ4v) is 2.62. The third kappa shape index (κ3) is 6.96. The first-order valence-corrected chi connectivity index (χ1v) is 8.26. The Bertz CT molecular complexity index is 436. The van der Waals surface area contributed by atoms with Crippen LogP contribution in [0.3, 0.4) is 0 Å². The Balaban J connectivity index is 2.25. The van der Waals surface area contributed by atoms with Crippen LogP contribution in [0.5, 0.6) is 0 Å². The summed E-state index contributed by atoms with van der Waals surface area (Å²) in [6.45, 7) is 4.87. The van der Waals surface area contributed by atoms with Crippen LogP contribution in [0.4, 0.5) is 4.39 Å². The van der Waals surface area contributed by atoms with E-state index in [1.807, 2.05) is 7.05 Å². The molecule has 0 bridgehead atoms. The van der Waals surface area contributed by atoms with Gasteiger partial charge in [0, 0.05) is 36.7 Å². The third-order valence-electron chi connectivity index (χ3n) is 3.48. The summed E-state index contributed by atoms with van der Waals surface area (Å²) in [7, 11) is 1.82. The minimum atomic E-state index is -0.239. The van der Waals surface area contributed by atoms with Crippen molar-refractivity contribution < 1.29 is 9.18 Å². The molecule has 0 saturated carbocycles. The highest BCUT2D eigenvalue weighted by molar-refractivity contribution is 7.99. The van der Waals surface area contributed by atoms with Crippen molar-refractivity contribution in [1.82, 2.24) is 4.90 Å². The predicted octanol–water partition coefficient (Wildman–Crippen LogP) is 3.14. The van der Waals surface area contributed by atoms with Gasteiger partial charge in [0.05, 0.1) is 0 Å². The molecule has 0 aliphatic carbocycles. The second-order valence-corrected chi connectivity index (χ2v) is 6.73. The fraction of sp³-hybridized carbons (Fsp3) is 0.562. The molecule has 1 atom stereocenters. The maximum atomic E-state index is 12.8. The van der Waals surface area contributed by atoms with Crippen LogP contribution >= 0.6 is 11.8 Å². The second-order valence-electron chi connectivity index (χ2n) is 5.56. The van der Waals surface area contributed by atoms with Crippen molar-refractivity contribution in [2.45, 2.75) is 37.6 Å². The van der Waals surface area contributed by atoms with E-state index in [4.69, 9.17) is 5.73 Å². The van der Waals surface area contributed by atoms with Gasteiger partial charge in [0.25, 0.3) is 0 Å². The highest BCUT2D eigenvalue weighted by Gasteiger charge is 2.12. The molecule has 0 aromatic heterocycles. The van der Waals surface area contributed by atoms with Crippen LogP contribution in [-0.4, -0.2) is 36.2 Å². The van der Waals surface area contributed by atoms with Gasteiger partial charge in [-0.15, -0.1) is 11.8 Å². The van der Waals surface area contributed by atoms with Gasteiger partial charge in [-0.05, 0) is 36.6 Å². The number of benzene rings is 1. The number of carbonyl (C=O) groups excluding carboxylic acids is 1. The molecular formula is C16H25FN2OS. The molecule has 1 amide bonds. The highest BCUT2D eigenvalue weighted by Crippen LogP contribution is 2.19. The van der Waals surface area contributed by atoms with Gasteiger partial charge >= 0.3 is 0 Å². The Kier molecular flexibility index (Phi) is 7.75. The zero-order valence-corrected chi connectivity index (χ0v) is 13.8. The Morgan fingerprint density at radius 1 is 1.33 bits per heavy atom. The van der Waals surface area contributed by atoms with Crippen molar-refractivity contribution >= 4 is 17.7 Å². The zero-order valence-electron chi connectivity index (χ0n) is 13.0. The molecule has 1 unspecified atom stereocenters. The number of nitrogens with two attached hydrogens (primary N) is 1. The molecule has 0 aliphatic rings. The average molecular weight is 312 g/mol. The maximum Gasteiger partial charge on any atom is 0.223 e. The van der Waals surface area contributed by atoms with E-state index in [2.05, 4.69) is 13.8 Å². The lowest BCUT2D eigenvalue weighted by Gasteiger charge is -2.21. The lowest BCUT2D eigenvalue weighted by atomic mass is 10.0. The lowest BCUT2D eigenvalue weighted by Crippen LogP contribution is -2.34. The summed E-state index contributed by atoms with van der Waals surface area (Å²) in [6.07, 6.45) is 1.31. The molecular weight excluding hydrogens is 287 g/mol. The van der Waals surface area contributed by atoms with Crippen LogP contribution in [0, 0.1) is 11.7 Å². The van der Waals surface area contributed by atoms with E-state index in [1.54, 1.807) is 28.8 Å². The van der Waals surface area contributed by atoms with Gasteiger partial charge in [-0.3, -0.25) is 4.79 Å². The number of hydrogen-bond donors (Lipinski definition) is 1. The van der Waals surface area contributed by atoms with Gasteiger partial charge in [0.15, 0.2) is 0 Å². The zero-order chi connectivity index (χ0) is 15.8. The summed E-state index contributed by atoms with van der Waals surface area (Å²) < 4.78 is 12.8. The summed E-state index contributed by atoms with van der Waals surface area (Å²) >= 11 is 1.57. The minimum absolute atomic E-state index is 0.126. The molecule has 2 N–H and O–H groups in total. The molecule has 21 heavy (non-hydrogen) atoms. The molecule has 0 spiro atoms. The van der Waals surface area contributed by atoms with Crippen molar-refractivity contribution in [2.75, 3.05) is 19.3 Å². The van der Waals surface area contributed by atoms with E-state index in [-0.39, 0.29) is 17.8 Å². The number of rotatable bonds is 8. The molecule has 1 aromatic rings. The van der Waals surface area contributed by atoms with Gasteiger partial charge in [-0.1, -0.05) is 13.8 Å². The molecule has 0 saturated heterocycles. The molecule has 1 aromatic carbocycles. The molecule has 3 nitrogen and oxygen atoms in total. The smallest absolute Gasteiger partial charge is 0.223 e. The number of hydrogen-bond acceptors (Lipinski definition) is 3. The quantitative estimate of drug-likeness (QED) is 0.750. The van der Waals surface area contributed by atoms with Crippen molar-refractivity contribution in [3.05, 3.63) is 30.1 Å². The first kappa shape index (κ1) is 18.0. The Morgan fingerprint density at radius 3 is 2.52 bits per heavy atom. The van der Waals surface area contributed by atoms with Gasteiger partial charge in [0.2, 0.25) is 5.91 Å². The SMILES string of the molecule is CC(C)C(N)CCN(C)C(=O)CCSc1ccc(F)cc1. The van der Waals surface area contributed by atoms with Crippen LogP contribution in [0.15, 0.2) is 29.2 Å². The maximum absolute atomic E-state index is 12.8. The van der Waals surface area contributed by atoms with E-state index in [0.29, 0.717) is 24.6 Å². The molecule has 0 radical (unpaired) electrons. The van der Waals surface area contributed by atoms with Crippen LogP contribution < -0.4 is 5.73 Å². The first-order valence-electron chi connectivity index (χ1n) is 7.28. The monoisotopic (exact) mass is 312 g/mol. The van der Waals surface area contributed by atoms with Crippen molar-refractivity contribution in [3.63, 3.8) is 0 Å². The largest absolute Gasteiger partial charge is 0.346 e. The second kappa shape index (κ2) is 9.05. The summed E-state index contributed by atoms with van der Waals surface area (Å²) in [6, 6.07) is 6.47. The minimum Gasteiger partial charge on any atom is -0.346 e. The van der Waals surface area contributed by atoms with Gasteiger partial charge in [-0.2, -0.15) is 0 Å². The summed E-state index contributed by atoms with van der Waals surface area (Å²) in [4.78, 5) is 14.7. The molecule has 5 heteroatoms. The van der Waals surface area contributed by atoms with E-state index in [1.165, 1.54) is 12.1 Å². The van der Waals surface area contributed by atoms with E-state index in [9.17, 15) is 9.18 Å².